The molecule has 0 saturated heterocycles. The van der Waals surface area contributed by atoms with Crippen molar-refractivity contribution in [2.75, 3.05) is 13.2 Å². The zero-order chi connectivity index (χ0) is 24.1. The van der Waals surface area contributed by atoms with E-state index >= 15 is 0 Å². The molecule has 0 bridgehead atoms. The van der Waals surface area contributed by atoms with Crippen molar-refractivity contribution in [2.24, 2.45) is 5.41 Å². The fourth-order valence-electron chi connectivity index (χ4n) is 3.71. The van der Waals surface area contributed by atoms with E-state index in [-0.39, 0.29) is 26.2 Å². The fourth-order valence-corrected chi connectivity index (χ4v) is 3.71. The van der Waals surface area contributed by atoms with Crippen molar-refractivity contribution >= 4 is 18.0 Å². The third-order valence-electron chi connectivity index (χ3n) is 5.28. The second-order valence-electron chi connectivity index (χ2n) is 7.62. The SMILES string of the molecule is CCCC(NC(=O)OCc1ccccc1)C(Cc1ccccc1)(C(=O)OCC)C(=O)OCC. The number of hydrogen-bond donors (Lipinski definition) is 1. The number of rotatable bonds is 12. The number of carbonyl (C=O) groups is 3. The molecule has 0 fully saturated rings. The number of esters is 2. The molecule has 0 aliphatic rings. The Morgan fingerprint density at radius 3 is 1.79 bits per heavy atom. The van der Waals surface area contributed by atoms with E-state index in [1.165, 1.54) is 0 Å². The zero-order valence-electron chi connectivity index (χ0n) is 19.5. The van der Waals surface area contributed by atoms with Crippen molar-refractivity contribution < 1.29 is 28.6 Å². The van der Waals surface area contributed by atoms with Gasteiger partial charge in [0, 0.05) is 6.42 Å². The molecule has 1 amide bonds. The van der Waals surface area contributed by atoms with Gasteiger partial charge in [-0.15, -0.1) is 0 Å². The lowest BCUT2D eigenvalue weighted by Crippen LogP contribution is -2.58. The van der Waals surface area contributed by atoms with Crippen molar-refractivity contribution in [2.45, 2.75) is 52.7 Å². The van der Waals surface area contributed by atoms with E-state index in [4.69, 9.17) is 14.2 Å². The number of benzene rings is 2. The lowest BCUT2D eigenvalue weighted by molar-refractivity contribution is -0.174. The van der Waals surface area contributed by atoms with E-state index in [0.717, 1.165) is 11.1 Å². The van der Waals surface area contributed by atoms with Crippen molar-refractivity contribution in [3.63, 3.8) is 0 Å². The first-order valence-corrected chi connectivity index (χ1v) is 11.3. The normalized spacial score (nSPS) is 11.8. The third-order valence-corrected chi connectivity index (χ3v) is 5.28. The Bertz CT molecular complexity index is 866. The minimum atomic E-state index is -1.75. The van der Waals surface area contributed by atoms with Gasteiger partial charge in [0.15, 0.2) is 5.41 Å². The molecule has 7 nitrogen and oxygen atoms in total. The van der Waals surface area contributed by atoms with Gasteiger partial charge >= 0.3 is 18.0 Å². The highest BCUT2D eigenvalue weighted by atomic mass is 16.6. The third kappa shape index (κ3) is 7.07. The first-order chi connectivity index (χ1) is 16.0. The van der Waals surface area contributed by atoms with Gasteiger partial charge in [-0.3, -0.25) is 9.59 Å². The Hall–Kier alpha value is -3.35. The molecular formula is C26H33NO6. The molecule has 0 aliphatic heterocycles. The summed E-state index contributed by atoms with van der Waals surface area (Å²) in [7, 11) is 0. The van der Waals surface area contributed by atoms with Crippen LogP contribution >= 0.6 is 0 Å². The summed E-state index contributed by atoms with van der Waals surface area (Å²) in [5.74, 6) is -1.46. The Morgan fingerprint density at radius 1 is 0.788 bits per heavy atom. The molecule has 0 aromatic heterocycles. The van der Waals surface area contributed by atoms with Gasteiger partial charge in [-0.05, 0) is 31.4 Å². The molecule has 1 atom stereocenters. The number of ether oxygens (including phenoxy) is 3. The van der Waals surface area contributed by atoms with Gasteiger partial charge in [-0.1, -0.05) is 74.0 Å². The fraction of sp³-hybridized carbons (Fsp3) is 0.423. The van der Waals surface area contributed by atoms with Crippen LogP contribution in [0.2, 0.25) is 0 Å². The van der Waals surface area contributed by atoms with E-state index < -0.39 is 29.5 Å². The monoisotopic (exact) mass is 455 g/mol. The van der Waals surface area contributed by atoms with Crippen LogP contribution in [0.4, 0.5) is 4.79 Å². The highest BCUT2D eigenvalue weighted by Gasteiger charge is 2.55. The minimum absolute atomic E-state index is 0.0230. The average Bonchev–Trinajstić information content (AvgIpc) is 2.82. The zero-order valence-corrected chi connectivity index (χ0v) is 19.5. The predicted molar refractivity (Wildman–Crippen MR) is 124 cm³/mol. The summed E-state index contributed by atoms with van der Waals surface area (Å²) in [5, 5.41) is 2.77. The van der Waals surface area contributed by atoms with Gasteiger partial charge in [-0.25, -0.2) is 4.79 Å². The first kappa shape index (κ1) is 25.9. The molecule has 0 saturated carbocycles. The Kier molecular flexibility index (Phi) is 10.4. The van der Waals surface area contributed by atoms with E-state index in [9.17, 15) is 14.4 Å². The van der Waals surface area contributed by atoms with Crippen LogP contribution in [0.25, 0.3) is 0 Å². The Morgan fingerprint density at radius 2 is 1.30 bits per heavy atom. The lowest BCUT2D eigenvalue weighted by Gasteiger charge is -2.36. The minimum Gasteiger partial charge on any atom is -0.465 e. The topological polar surface area (TPSA) is 90.9 Å². The molecule has 33 heavy (non-hydrogen) atoms. The van der Waals surface area contributed by atoms with Crippen LogP contribution < -0.4 is 5.32 Å². The highest BCUT2D eigenvalue weighted by molar-refractivity contribution is 6.02. The molecule has 2 rings (SSSR count). The molecule has 2 aromatic rings. The average molecular weight is 456 g/mol. The van der Waals surface area contributed by atoms with Gasteiger partial charge in [0.25, 0.3) is 0 Å². The molecule has 2 aromatic carbocycles. The summed E-state index contributed by atoms with van der Waals surface area (Å²) in [6.07, 6.45) is 0.266. The summed E-state index contributed by atoms with van der Waals surface area (Å²) in [6, 6.07) is 17.5. The number of amides is 1. The maximum absolute atomic E-state index is 13.3. The quantitative estimate of drug-likeness (QED) is 0.289. The summed E-state index contributed by atoms with van der Waals surface area (Å²) in [6.45, 7) is 5.50. The molecule has 0 heterocycles. The maximum atomic E-state index is 13.3. The van der Waals surface area contributed by atoms with Crippen LogP contribution in [0.5, 0.6) is 0 Å². The Balaban J connectivity index is 2.39. The summed E-state index contributed by atoms with van der Waals surface area (Å²) in [5.41, 5.74) is -0.181. The van der Waals surface area contributed by atoms with E-state index in [1.54, 1.807) is 13.8 Å². The largest absolute Gasteiger partial charge is 0.465 e. The van der Waals surface area contributed by atoms with E-state index in [1.807, 2.05) is 67.6 Å². The molecule has 1 unspecified atom stereocenters. The van der Waals surface area contributed by atoms with Crippen LogP contribution in [0.15, 0.2) is 60.7 Å². The second kappa shape index (κ2) is 13.3. The number of carbonyl (C=O) groups excluding carboxylic acids is 3. The summed E-state index contributed by atoms with van der Waals surface area (Å²) >= 11 is 0. The van der Waals surface area contributed by atoms with Gasteiger partial charge in [0.2, 0.25) is 0 Å². The predicted octanol–water partition coefficient (Wildman–Crippen LogP) is 4.44. The van der Waals surface area contributed by atoms with Crippen LogP contribution in [-0.4, -0.2) is 37.3 Å². The second-order valence-corrected chi connectivity index (χ2v) is 7.62. The summed E-state index contributed by atoms with van der Waals surface area (Å²) in [4.78, 5) is 39.4. The summed E-state index contributed by atoms with van der Waals surface area (Å²) < 4.78 is 16.1. The van der Waals surface area contributed by atoms with Gasteiger partial charge in [0.05, 0.1) is 19.3 Å². The molecule has 7 heteroatoms. The first-order valence-electron chi connectivity index (χ1n) is 11.3. The lowest BCUT2D eigenvalue weighted by atomic mass is 9.73. The standard InChI is InChI=1S/C26H33NO6/c1-4-13-22(27-25(30)33-19-21-16-11-8-12-17-21)26(23(28)31-5-2,24(29)32-6-3)18-20-14-9-7-10-15-20/h7-12,14-17,22H,4-6,13,18-19H2,1-3H3,(H,27,30). The van der Waals surface area contributed by atoms with Crippen molar-refractivity contribution in [3.8, 4) is 0 Å². The number of nitrogens with one attached hydrogen (secondary N) is 1. The molecule has 0 radical (unpaired) electrons. The van der Waals surface area contributed by atoms with Gasteiger partial charge in [-0.2, -0.15) is 0 Å². The molecule has 0 aliphatic carbocycles. The molecule has 0 spiro atoms. The van der Waals surface area contributed by atoms with Crippen molar-refractivity contribution in [1.29, 1.82) is 0 Å². The number of hydrogen-bond acceptors (Lipinski definition) is 6. The molecule has 178 valence electrons. The van der Waals surface area contributed by atoms with E-state index in [0.29, 0.717) is 12.8 Å². The van der Waals surface area contributed by atoms with Gasteiger partial charge < -0.3 is 19.5 Å². The van der Waals surface area contributed by atoms with Crippen molar-refractivity contribution in [3.05, 3.63) is 71.8 Å². The Labute approximate surface area is 195 Å². The van der Waals surface area contributed by atoms with Crippen LogP contribution in [0.3, 0.4) is 0 Å². The van der Waals surface area contributed by atoms with Crippen LogP contribution in [-0.2, 0) is 36.8 Å². The van der Waals surface area contributed by atoms with Crippen molar-refractivity contribution in [1.82, 2.24) is 5.32 Å². The highest BCUT2D eigenvalue weighted by Crippen LogP contribution is 2.34. The molecular weight excluding hydrogens is 422 g/mol. The molecule has 1 N–H and O–H groups in total. The number of alkyl carbamates (subject to hydrolysis) is 1. The van der Waals surface area contributed by atoms with E-state index in [2.05, 4.69) is 5.32 Å². The maximum Gasteiger partial charge on any atom is 0.407 e. The van der Waals surface area contributed by atoms with Gasteiger partial charge in [0.1, 0.15) is 6.61 Å². The van der Waals surface area contributed by atoms with Crippen LogP contribution in [0, 0.1) is 5.41 Å². The smallest absolute Gasteiger partial charge is 0.407 e. The van der Waals surface area contributed by atoms with Crippen LogP contribution in [0.1, 0.15) is 44.7 Å².